The van der Waals surface area contributed by atoms with Crippen LogP contribution in [-0.2, 0) is 0 Å². The lowest BCUT2D eigenvalue weighted by molar-refractivity contribution is 0.104. The van der Waals surface area contributed by atoms with Crippen LogP contribution in [0.4, 0.5) is 0 Å². The first-order valence-corrected chi connectivity index (χ1v) is 30.2. The number of ketones is 4. The maximum Gasteiger partial charge on any atom is 0.185 e. The third-order valence-corrected chi connectivity index (χ3v) is 16.6. The van der Waals surface area contributed by atoms with Gasteiger partial charge in [-0.05, 0) is 162 Å². The van der Waals surface area contributed by atoms with Crippen molar-refractivity contribution in [2.24, 2.45) is 0 Å². The molecule has 12 heteroatoms. The highest BCUT2D eigenvalue weighted by Crippen LogP contribution is 2.28. The Hall–Kier alpha value is -8.36. The molecule has 4 nitrogen and oxygen atoms in total. The van der Waals surface area contributed by atoms with E-state index in [0.29, 0.717) is 62.4 Å². The fourth-order valence-corrected chi connectivity index (χ4v) is 10.1. The Morgan fingerprint density at radius 1 is 0.205 bits per heavy atom. The van der Waals surface area contributed by atoms with Crippen LogP contribution in [0.25, 0.3) is 67.4 Å². The molecule has 12 aromatic rings. The zero-order valence-corrected chi connectivity index (χ0v) is 52.4. The molecule has 0 unspecified atom stereocenters. The summed E-state index contributed by atoms with van der Waals surface area (Å²) in [5.74, 6) is -0.178. The summed E-state index contributed by atoms with van der Waals surface area (Å²) >= 11 is 47.3. The van der Waals surface area contributed by atoms with Gasteiger partial charge in [0.2, 0.25) is 0 Å². The molecule has 12 aromatic carbocycles. The molecule has 0 N–H and O–H groups in total. The molecule has 0 amide bonds. The molecule has 0 radical (unpaired) electrons. The minimum atomic E-state index is -0.0446. The molecule has 0 aliphatic rings. The highest BCUT2D eigenvalue weighted by atomic mass is 35.5. The summed E-state index contributed by atoms with van der Waals surface area (Å²) < 4.78 is 0. The monoisotopic (exact) mass is 1300 g/mol. The van der Waals surface area contributed by atoms with E-state index in [-0.39, 0.29) is 23.1 Å². The van der Waals surface area contributed by atoms with Crippen molar-refractivity contribution in [3.05, 3.63) is 352 Å². The van der Waals surface area contributed by atoms with Crippen molar-refractivity contribution in [3.8, 4) is 0 Å². The van der Waals surface area contributed by atoms with E-state index in [1.54, 1.807) is 97.1 Å². The summed E-state index contributed by atoms with van der Waals surface area (Å²) in [6.07, 6.45) is 13.1. The van der Waals surface area contributed by atoms with E-state index in [2.05, 4.69) is 0 Å². The number of halogens is 8. The first-order valence-electron chi connectivity index (χ1n) is 27.2. The summed E-state index contributed by atoms with van der Waals surface area (Å²) in [4.78, 5) is 49.1. The van der Waals surface area contributed by atoms with Gasteiger partial charge in [0, 0.05) is 22.3 Å². The Kier molecular flexibility index (Phi) is 22.6. The maximum atomic E-state index is 12.3. The van der Waals surface area contributed by atoms with Crippen molar-refractivity contribution in [2.75, 3.05) is 0 Å². The van der Waals surface area contributed by atoms with E-state index < -0.39 is 0 Å². The fraction of sp³-hybridized carbons (Fsp3) is 0. The molecule has 0 heterocycles. The van der Waals surface area contributed by atoms with Gasteiger partial charge in [-0.25, -0.2) is 0 Å². The number of hydrogen-bond acceptors (Lipinski definition) is 4. The summed E-state index contributed by atoms with van der Waals surface area (Å²) in [5.41, 5.74) is 5.99. The summed E-state index contributed by atoms with van der Waals surface area (Å²) in [6.45, 7) is 0. The van der Waals surface area contributed by atoms with Crippen LogP contribution in [0, 0.1) is 0 Å². The predicted molar refractivity (Wildman–Crippen MR) is 375 cm³/mol. The van der Waals surface area contributed by atoms with Crippen molar-refractivity contribution in [2.45, 2.75) is 0 Å². The average Bonchev–Trinajstić information content (AvgIpc) is 3.69. The second-order valence-electron chi connectivity index (χ2n) is 19.7. The lowest BCUT2D eigenvalue weighted by Gasteiger charge is -2.01. The molecule has 0 aliphatic heterocycles. The fourth-order valence-electron chi connectivity index (χ4n) is 8.91. The SMILES string of the molecule is O=C(/C=C/c1ccc(Cl)c(Cl)c1)c1ccc2ccccc2c1.O=C(/C=C/c1ccc(Cl)c(Cl)c1)c1ccc2ccccc2c1.O=C(/C=C/c1ccc(Cl)c(Cl)c1)c1ccc2ccccc2c1.O=C(/C=C/c1ccc(Cl)c(Cl)c1)c1ccc2ccccc2c1. The number of benzene rings is 12. The van der Waals surface area contributed by atoms with Gasteiger partial charge in [0.25, 0.3) is 0 Å². The van der Waals surface area contributed by atoms with E-state index in [1.807, 2.05) is 194 Å². The zero-order chi connectivity index (χ0) is 62.1. The lowest BCUT2D eigenvalue weighted by atomic mass is 10.0. The minimum Gasteiger partial charge on any atom is -0.289 e. The van der Waals surface area contributed by atoms with Gasteiger partial charge in [-0.2, -0.15) is 0 Å². The molecule has 88 heavy (non-hydrogen) atoms. The van der Waals surface area contributed by atoms with E-state index in [9.17, 15) is 19.2 Å². The quantitative estimate of drug-likeness (QED) is 0.0903. The highest BCUT2D eigenvalue weighted by molar-refractivity contribution is 6.43. The largest absolute Gasteiger partial charge is 0.289 e. The molecule has 0 saturated carbocycles. The van der Waals surface area contributed by atoms with E-state index in [4.69, 9.17) is 92.8 Å². The smallest absolute Gasteiger partial charge is 0.185 e. The van der Waals surface area contributed by atoms with Crippen LogP contribution >= 0.6 is 92.8 Å². The van der Waals surface area contributed by atoms with Gasteiger partial charge < -0.3 is 0 Å². The van der Waals surface area contributed by atoms with Crippen LogP contribution in [0.3, 0.4) is 0 Å². The van der Waals surface area contributed by atoms with Crippen LogP contribution < -0.4 is 0 Å². The average molecular weight is 1310 g/mol. The second kappa shape index (κ2) is 31.0. The standard InChI is InChI=1S/4C19H12Cl2O/c4*20-17-9-5-13(11-18(17)21)6-10-19(22)16-8-7-14-3-1-2-4-15(14)12-16/h4*1-12H/b4*10-6+. The van der Waals surface area contributed by atoms with Crippen molar-refractivity contribution in [1.29, 1.82) is 0 Å². The first kappa shape index (κ1) is 64.1. The van der Waals surface area contributed by atoms with Gasteiger partial charge in [0.1, 0.15) is 0 Å². The van der Waals surface area contributed by atoms with Gasteiger partial charge in [-0.15, -0.1) is 0 Å². The Balaban J connectivity index is 0.000000140. The molecular formula is C76H48Cl8O4. The Labute approximate surface area is 549 Å². The lowest BCUT2D eigenvalue weighted by Crippen LogP contribution is -1.93. The number of rotatable bonds is 12. The zero-order valence-electron chi connectivity index (χ0n) is 46.4. The van der Waals surface area contributed by atoms with Crippen LogP contribution in [0.5, 0.6) is 0 Å². The molecule has 432 valence electrons. The van der Waals surface area contributed by atoms with Crippen molar-refractivity contribution in [3.63, 3.8) is 0 Å². The molecule has 0 aromatic heterocycles. The molecule has 0 saturated heterocycles. The predicted octanol–water partition coefficient (Wildman–Crippen LogP) is 24.2. The number of carbonyl (C=O) groups is 4. The third kappa shape index (κ3) is 17.9. The van der Waals surface area contributed by atoms with E-state index in [1.165, 1.54) is 0 Å². The first-order chi connectivity index (χ1) is 42.5. The Morgan fingerprint density at radius 2 is 0.398 bits per heavy atom. The number of fused-ring (bicyclic) bond motifs is 4. The van der Waals surface area contributed by atoms with Crippen LogP contribution in [0.1, 0.15) is 63.7 Å². The van der Waals surface area contributed by atoms with E-state index >= 15 is 0 Å². The number of carbonyl (C=O) groups excluding carboxylic acids is 4. The molecular weight excluding hydrogens is 1260 g/mol. The van der Waals surface area contributed by atoms with Gasteiger partial charge in [-0.1, -0.05) is 287 Å². The van der Waals surface area contributed by atoms with Gasteiger partial charge in [0.15, 0.2) is 23.1 Å². The maximum absolute atomic E-state index is 12.3. The van der Waals surface area contributed by atoms with Crippen LogP contribution in [-0.4, -0.2) is 23.1 Å². The molecule has 0 aliphatic carbocycles. The number of allylic oxidation sites excluding steroid dienone is 4. The van der Waals surface area contributed by atoms with Crippen molar-refractivity contribution < 1.29 is 19.2 Å². The van der Waals surface area contributed by atoms with Crippen LogP contribution in [0.2, 0.25) is 40.2 Å². The Morgan fingerprint density at radius 3 is 0.591 bits per heavy atom. The summed E-state index contributed by atoms with van der Waals surface area (Å²) in [7, 11) is 0. The van der Waals surface area contributed by atoms with Gasteiger partial charge >= 0.3 is 0 Å². The molecule has 12 rings (SSSR count). The molecule has 0 atom stereocenters. The van der Waals surface area contributed by atoms with Gasteiger partial charge in [0.05, 0.1) is 40.2 Å². The number of hydrogen-bond donors (Lipinski definition) is 0. The van der Waals surface area contributed by atoms with Crippen molar-refractivity contribution >= 4 is 183 Å². The van der Waals surface area contributed by atoms with Gasteiger partial charge in [-0.3, -0.25) is 19.2 Å². The Bertz CT molecular complexity index is 4120. The van der Waals surface area contributed by atoms with Crippen LogP contribution in [0.15, 0.2) is 267 Å². The third-order valence-electron chi connectivity index (χ3n) is 13.6. The molecule has 0 fully saturated rings. The highest BCUT2D eigenvalue weighted by Gasteiger charge is 2.09. The second-order valence-corrected chi connectivity index (χ2v) is 23.0. The normalized spacial score (nSPS) is 11.2. The molecule has 0 bridgehead atoms. The summed E-state index contributed by atoms with van der Waals surface area (Å²) in [5, 5.41) is 12.6. The molecule has 0 spiro atoms. The van der Waals surface area contributed by atoms with E-state index in [0.717, 1.165) is 65.3 Å². The van der Waals surface area contributed by atoms with Crippen molar-refractivity contribution in [1.82, 2.24) is 0 Å². The summed E-state index contributed by atoms with van der Waals surface area (Å²) in [6, 6.07) is 75.6. The minimum absolute atomic E-state index is 0.0446. The topological polar surface area (TPSA) is 68.3 Å².